The minimum absolute atomic E-state index is 0.0140. The first-order chi connectivity index (χ1) is 17.4. The zero-order valence-electron chi connectivity index (χ0n) is 19.6. The number of halogens is 3. The second-order valence-electron chi connectivity index (χ2n) is 9.37. The average molecular weight is 536 g/mol. The van der Waals surface area contributed by atoms with Crippen LogP contribution in [0.1, 0.15) is 51.0 Å². The van der Waals surface area contributed by atoms with E-state index in [9.17, 15) is 9.18 Å². The van der Waals surface area contributed by atoms with E-state index in [-0.39, 0.29) is 34.0 Å². The molecule has 2 aromatic heterocycles. The van der Waals surface area contributed by atoms with Gasteiger partial charge >= 0.3 is 0 Å². The van der Waals surface area contributed by atoms with Crippen LogP contribution in [0.5, 0.6) is 0 Å². The fourth-order valence-corrected chi connectivity index (χ4v) is 5.57. The maximum absolute atomic E-state index is 13.8. The standard InChI is InChI=1S/C24H28Cl2FN7O2/c25-17-10-14(27)11-18(26)20(17)32-24-31-19-12-29-23(30-15-2-1-8-36-9-7-15)33-22(19)34(24)16-5-3-13(4-6-16)21(28)35/h10-13,15-16H,1-9H2,(H2,28,35)(H,31,32)(H,29,30,33)/t13-,15?,16+. The topological polar surface area (TPSA) is 120 Å². The number of fused-ring (bicyclic) bond motifs is 1. The predicted octanol–water partition coefficient (Wildman–Crippen LogP) is 5.21. The van der Waals surface area contributed by atoms with Gasteiger partial charge in [0.25, 0.3) is 0 Å². The third-order valence-corrected chi connectivity index (χ3v) is 7.52. The Bertz CT molecular complexity index is 1230. The molecule has 192 valence electrons. The number of imidazole rings is 1. The Balaban J connectivity index is 1.51. The molecular formula is C24H28Cl2FN7O2. The summed E-state index contributed by atoms with van der Waals surface area (Å²) in [5, 5.41) is 6.91. The summed E-state index contributed by atoms with van der Waals surface area (Å²) in [4.78, 5) is 25.8. The van der Waals surface area contributed by atoms with Crippen LogP contribution < -0.4 is 16.4 Å². The summed E-state index contributed by atoms with van der Waals surface area (Å²) in [6.07, 6.45) is 7.33. The van der Waals surface area contributed by atoms with E-state index in [2.05, 4.69) is 15.6 Å². The minimum Gasteiger partial charge on any atom is -0.381 e. The van der Waals surface area contributed by atoms with E-state index in [1.807, 2.05) is 4.57 Å². The van der Waals surface area contributed by atoms with Gasteiger partial charge in [0.2, 0.25) is 17.8 Å². The quantitative estimate of drug-likeness (QED) is 0.396. The van der Waals surface area contributed by atoms with Crippen LogP contribution >= 0.6 is 23.2 Å². The van der Waals surface area contributed by atoms with Crippen LogP contribution in [-0.2, 0) is 9.53 Å². The van der Waals surface area contributed by atoms with Crippen LogP contribution in [0.4, 0.5) is 22.0 Å². The number of anilines is 3. The lowest BCUT2D eigenvalue weighted by atomic mass is 9.85. The van der Waals surface area contributed by atoms with E-state index in [0.29, 0.717) is 48.2 Å². The Morgan fingerprint density at radius 2 is 1.83 bits per heavy atom. The zero-order chi connectivity index (χ0) is 25.2. The molecule has 2 fully saturated rings. The fraction of sp³-hybridized carbons (Fsp3) is 0.500. The second-order valence-corrected chi connectivity index (χ2v) is 10.2. The minimum atomic E-state index is -0.528. The maximum atomic E-state index is 13.8. The van der Waals surface area contributed by atoms with Crippen LogP contribution in [0.15, 0.2) is 18.3 Å². The monoisotopic (exact) mass is 535 g/mol. The highest BCUT2D eigenvalue weighted by molar-refractivity contribution is 6.39. The number of hydrogen-bond acceptors (Lipinski definition) is 7. The second kappa shape index (κ2) is 10.7. The number of nitrogens with one attached hydrogen (secondary N) is 2. The van der Waals surface area contributed by atoms with Crippen molar-refractivity contribution in [3.8, 4) is 0 Å². The number of amides is 1. The summed E-state index contributed by atoms with van der Waals surface area (Å²) in [6, 6.07) is 2.62. The molecule has 5 rings (SSSR count). The molecular weight excluding hydrogens is 508 g/mol. The van der Waals surface area contributed by atoms with E-state index >= 15 is 0 Å². The van der Waals surface area contributed by atoms with Gasteiger partial charge in [-0.15, -0.1) is 0 Å². The van der Waals surface area contributed by atoms with Crippen molar-refractivity contribution in [3.63, 3.8) is 0 Å². The van der Waals surface area contributed by atoms with Gasteiger partial charge in [-0.2, -0.15) is 4.98 Å². The molecule has 36 heavy (non-hydrogen) atoms. The third kappa shape index (κ3) is 5.35. The molecule has 1 unspecified atom stereocenters. The lowest BCUT2D eigenvalue weighted by molar-refractivity contribution is -0.122. The predicted molar refractivity (Wildman–Crippen MR) is 137 cm³/mol. The number of hydrogen-bond donors (Lipinski definition) is 3. The number of rotatable bonds is 6. The molecule has 9 nitrogen and oxygen atoms in total. The van der Waals surface area contributed by atoms with E-state index < -0.39 is 5.82 Å². The van der Waals surface area contributed by atoms with Crippen LogP contribution in [0.25, 0.3) is 11.2 Å². The molecule has 3 aromatic rings. The van der Waals surface area contributed by atoms with E-state index in [0.717, 1.165) is 38.7 Å². The largest absolute Gasteiger partial charge is 0.381 e. The molecule has 3 heterocycles. The zero-order valence-corrected chi connectivity index (χ0v) is 21.2. The molecule has 1 aromatic carbocycles. The molecule has 1 atom stereocenters. The van der Waals surface area contributed by atoms with Crippen molar-refractivity contribution in [2.45, 2.75) is 57.0 Å². The van der Waals surface area contributed by atoms with Gasteiger partial charge in [0.15, 0.2) is 5.65 Å². The van der Waals surface area contributed by atoms with E-state index in [1.165, 1.54) is 12.1 Å². The average Bonchev–Trinajstić information content (AvgIpc) is 2.99. The van der Waals surface area contributed by atoms with Crippen LogP contribution in [0.3, 0.4) is 0 Å². The summed E-state index contributed by atoms with van der Waals surface area (Å²) in [6.45, 7) is 1.47. The lowest BCUT2D eigenvalue weighted by Crippen LogP contribution is -2.29. The van der Waals surface area contributed by atoms with Crippen molar-refractivity contribution in [3.05, 3.63) is 34.2 Å². The van der Waals surface area contributed by atoms with Gasteiger partial charge < -0.3 is 21.1 Å². The number of benzene rings is 1. The number of ether oxygens (including phenoxy) is 1. The molecule has 2 aliphatic rings. The maximum Gasteiger partial charge on any atom is 0.224 e. The van der Waals surface area contributed by atoms with Crippen LogP contribution in [0, 0.1) is 11.7 Å². The Hall–Kier alpha value is -2.69. The summed E-state index contributed by atoms with van der Waals surface area (Å²) in [5.74, 6) is 0.0495. The van der Waals surface area contributed by atoms with Crippen molar-refractivity contribution < 1.29 is 13.9 Å². The van der Waals surface area contributed by atoms with Crippen molar-refractivity contribution in [2.75, 3.05) is 23.8 Å². The summed E-state index contributed by atoms with van der Waals surface area (Å²) < 4.78 is 21.3. The Morgan fingerprint density at radius 3 is 2.56 bits per heavy atom. The van der Waals surface area contributed by atoms with Gasteiger partial charge in [0.05, 0.1) is 21.9 Å². The molecule has 0 bridgehead atoms. The Kier molecular flexibility index (Phi) is 7.45. The molecule has 0 spiro atoms. The smallest absolute Gasteiger partial charge is 0.224 e. The SMILES string of the molecule is NC(=O)[C@H]1CC[C@@H](n2c(Nc3c(Cl)cc(F)cc3Cl)nc3cnc(NC4CCCOCC4)nc32)CC1. The van der Waals surface area contributed by atoms with Gasteiger partial charge in [-0.1, -0.05) is 23.2 Å². The number of aromatic nitrogens is 4. The summed E-state index contributed by atoms with van der Waals surface area (Å²) in [5.41, 5.74) is 7.15. The summed E-state index contributed by atoms with van der Waals surface area (Å²) in [7, 11) is 0. The molecule has 1 aliphatic heterocycles. The van der Waals surface area contributed by atoms with E-state index in [1.54, 1.807) is 6.20 Å². The highest BCUT2D eigenvalue weighted by Crippen LogP contribution is 2.39. The molecule has 1 aliphatic carbocycles. The molecule has 4 N–H and O–H groups in total. The van der Waals surface area contributed by atoms with Crippen molar-refractivity contribution in [1.29, 1.82) is 0 Å². The molecule has 1 saturated carbocycles. The number of primary amides is 1. The normalized spacial score (nSPS) is 22.8. The number of carbonyl (C=O) groups excluding carboxylic acids is 1. The van der Waals surface area contributed by atoms with Crippen molar-refractivity contribution >= 4 is 57.9 Å². The Morgan fingerprint density at radius 1 is 1.08 bits per heavy atom. The first-order valence-electron chi connectivity index (χ1n) is 12.2. The molecule has 0 radical (unpaired) electrons. The fourth-order valence-electron chi connectivity index (χ4n) is 5.02. The Labute approximate surface area is 217 Å². The highest BCUT2D eigenvalue weighted by Gasteiger charge is 2.29. The number of nitrogens with two attached hydrogens (primary N) is 1. The first-order valence-corrected chi connectivity index (χ1v) is 12.9. The van der Waals surface area contributed by atoms with Crippen molar-refractivity contribution in [2.24, 2.45) is 11.7 Å². The van der Waals surface area contributed by atoms with E-state index in [4.69, 9.17) is 43.6 Å². The first kappa shape index (κ1) is 25.0. The third-order valence-electron chi connectivity index (χ3n) is 6.93. The van der Waals surface area contributed by atoms with Gasteiger partial charge in [0, 0.05) is 31.2 Å². The van der Waals surface area contributed by atoms with Gasteiger partial charge in [-0.3, -0.25) is 9.36 Å². The molecule has 12 heteroatoms. The summed E-state index contributed by atoms with van der Waals surface area (Å²) >= 11 is 12.6. The van der Waals surface area contributed by atoms with Gasteiger partial charge in [-0.25, -0.2) is 14.4 Å². The number of carbonyl (C=O) groups is 1. The van der Waals surface area contributed by atoms with Gasteiger partial charge in [-0.05, 0) is 57.1 Å². The highest BCUT2D eigenvalue weighted by atomic mass is 35.5. The molecule has 1 saturated heterocycles. The van der Waals surface area contributed by atoms with Crippen LogP contribution in [0.2, 0.25) is 10.0 Å². The van der Waals surface area contributed by atoms with Crippen molar-refractivity contribution in [1.82, 2.24) is 19.5 Å². The van der Waals surface area contributed by atoms with Gasteiger partial charge in [0.1, 0.15) is 11.3 Å². The lowest BCUT2D eigenvalue weighted by Gasteiger charge is -2.29. The number of nitrogens with zero attached hydrogens (tertiary/aromatic N) is 4. The van der Waals surface area contributed by atoms with Crippen LogP contribution in [-0.4, -0.2) is 44.7 Å². The molecule has 1 amide bonds.